The summed E-state index contributed by atoms with van der Waals surface area (Å²) in [6, 6.07) is 0.130. The molecule has 0 aliphatic carbocycles. The Hall–Kier alpha value is -2.14. The number of hydrogen-bond acceptors (Lipinski definition) is 7. The van der Waals surface area contributed by atoms with Crippen molar-refractivity contribution >= 4 is 17.7 Å². The topological polar surface area (TPSA) is 73.8 Å². The lowest BCUT2D eigenvalue weighted by Crippen LogP contribution is -2.55. The van der Waals surface area contributed by atoms with Crippen LogP contribution >= 0.6 is 0 Å². The van der Waals surface area contributed by atoms with E-state index in [-0.39, 0.29) is 36.2 Å². The number of alkyl halides is 3. The number of anilines is 2. The zero-order chi connectivity index (χ0) is 21.5. The Morgan fingerprint density at radius 2 is 1.90 bits per heavy atom. The summed E-state index contributed by atoms with van der Waals surface area (Å²) in [5.74, 6) is 0.362. The number of carbonyl (C=O) groups excluding carboxylic acids is 1. The molecule has 0 aromatic carbocycles. The Kier molecular flexibility index (Phi) is 5.75. The molecule has 30 heavy (non-hydrogen) atoms. The molecule has 1 N–H and O–H groups in total. The molecule has 4 rings (SSSR count). The molecule has 11 heteroatoms. The number of aromatic nitrogens is 2. The van der Waals surface area contributed by atoms with Crippen LogP contribution in [-0.4, -0.2) is 85.3 Å². The molecule has 0 radical (unpaired) electrons. The summed E-state index contributed by atoms with van der Waals surface area (Å²) in [5, 5.41) is 3.19. The highest BCUT2D eigenvalue weighted by atomic mass is 19.4. The summed E-state index contributed by atoms with van der Waals surface area (Å²) in [4.78, 5) is 25.8. The van der Waals surface area contributed by atoms with Gasteiger partial charge in [0.05, 0.1) is 6.10 Å². The standard InChI is InChI=1S/C19H27F3N6O2/c1-12-3-6-28(12)18-24-16(19(20,21)22)13(2)17(25-18)27-9-14(10-27)30-11-15(29)26-7-4-23-5-8-26/h12,14,23H,3-11H2,1-2H3/t12-/m0/s1. The molecule has 4 heterocycles. The predicted octanol–water partition coefficient (Wildman–Crippen LogP) is 1.04. The SMILES string of the molecule is Cc1c(N2CC(OCC(=O)N3CCNCC3)C2)nc(N2CC[C@@H]2C)nc1C(F)(F)F. The number of nitrogens with zero attached hydrogens (tertiary/aromatic N) is 5. The molecule has 0 saturated carbocycles. The van der Waals surface area contributed by atoms with Crippen LogP contribution < -0.4 is 15.1 Å². The van der Waals surface area contributed by atoms with E-state index in [4.69, 9.17) is 4.74 Å². The Morgan fingerprint density at radius 3 is 2.47 bits per heavy atom. The second-order valence-corrected chi connectivity index (χ2v) is 8.12. The van der Waals surface area contributed by atoms with Gasteiger partial charge in [0.15, 0.2) is 5.69 Å². The molecule has 3 saturated heterocycles. The molecule has 1 amide bonds. The predicted molar refractivity (Wildman–Crippen MR) is 105 cm³/mol. The van der Waals surface area contributed by atoms with Gasteiger partial charge in [-0.25, -0.2) is 4.98 Å². The normalized spacial score (nSPS) is 22.7. The average molecular weight is 428 g/mol. The number of piperazine rings is 1. The van der Waals surface area contributed by atoms with Gasteiger partial charge in [0, 0.05) is 57.4 Å². The van der Waals surface area contributed by atoms with Crippen molar-refractivity contribution in [2.75, 3.05) is 62.2 Å². The van der Waals surface area contributed by atoms with Gasteiger partial charge in [0.25, 0.3) is 0 Å². The molecule has 0 unspecified atom stereocenters. The first-order valence-corrected chi connectivity index (χ1v) is 10.3. The molecule has 3 aliphatic heterocycles. The maximum Gasteiger partial charge on any atom is 0.433 e. The van der Waals surface area contributed by atoms with Crippen LogP contribution in [0.1, 0.15) is 24.6 Å². The monoisotopic (exact) mass is 428 g/mol. The van der Waals surface area contributed by atoms with E-state index in [1.807, 2.05) is 6.92 Å². The van der Waals surface area contributed by atoms with Crippen molar-refractivity contribution in [3.8, 4) is 0 Å². The number of hydrogen-bond donors (Lipinski definition) is 1. The van der Waals surface area contributed by atoms with Gasteiger partial charge in [-0.05, 0) is 20.3 Å². The van der Waals surface area contributed by atoms with Gasteiger partial charge in [0.2, 0.25) is 11.9 Å². The van der Waals surface area contributed by atoms with Gasteiger partial charge in [-0.2, -0.15) is 18.2 Å². The third kappa shape index (κ3) is 4.18. The van der Waals surface area contributed by atoms with Gasteiger partial charge < -0.3 is 24.8 Å². The molecule has 0 bridgehead atoms. The van der Waals surface area contributed by atoms with Crippen LogP contribution in [0.5, 0.6) is 0 Å². The van der Waals surface area contributed by atoms with Gasteiger partial charge in [-0.3, -0.25) is 4.79 Å². The highest BCUT2D eigenvalue weighted by molar-refractivity contribution is 5.77. The number of carbonyl (C=O) groups is 1. The lowest BCUT2D eigenvalue weighted by atomic mass is 10.1. The number of halogens is 3. The molecule has 1 aromatic heterocycles. The maximum absolute atomic E-state index is 13.5. The van der Waals surface area contributed by atoms with Crippen molar-refractivity contribution in [1.82, 2.24) is 20.2 Å². The van der Waals surface area contributed by atoms with E-state index in [2.05, 4.69) is 15.3 Å². The van der Waals surface area contributed by atoms with E-state index in [9.17, 15) is 18.0 Å². The number of rotatable bonds is 5. The Bertz CT molecular complexity index is 793. The van der Waals surface area contributed by atoms with E-state index in [0.29, 0.717) is 38.5 Å². The maximum atomic E-state index is 13.5. The summed E-state index contributed by atoms with van der Waals surface area (Å²) in [7, 11) is 0. The Labute approximate surface area is 173 Å². The van der Waals surface area contributed by atoms with Crippen LogP contribution in [0.25, 0.3) is 0 Å². The quantitative estimate of drug-likeness (QED) is 0.751. The van der Waals surface area contributed by atoms with Gasteiger partial charge in [-0.1, -0.05) is 0 Å². The fourth-order valence-electron chi connectivity index (χ4n) is 3.93. The average Bonchev–Trinajstić information content (AvgIpc) is 2.67. The van der Waals surface area contributed by atoms with Crippen molar-refractivity contribution in [2.45, 2.75) is 38.6 Å². The molecule has 8 nitrogen and oxygen atoms in total. The first-order valence-electron chi connectivity index (χ1n) is 10.3. The summed E-state index contributed by atoms with van der Waals surface area (Å²) < 4.78 is 46.3. The van der Waals surface area contributed by atoms with E-state index >= 15 is 0 Å². The number of ether oxygens (including phenoxy) is 1. The van der Waals surface area contributed by atoms with Crippen molar-refractivity contribution in [2.24, 2.45) is 0 Å². The fourth-order valence-corrected chi connectivity index (χ4v) is 3.93. The van der Waals surface area contributed by atoms with E-state index in [1.54, 1.807) is 14.7 Å². The van der Waals surface area contributed by atoms with Crippen molar-refractivity contribution in [3.05, 3.63) is 11.3 Å². The molecule has 0 spiro atoms. The van der Waals surface area contributed by atoms with Crippen molar-refractivity contribution < 1.29 is 22.7 Å². The zero-order valence-electron chi connectivity index (χ0n) is 17.2. The minimum Gasteiger partial charge on any atom is -0.365 e. The van der Waals surface area contributed by atoms with E-state index in [0.717, 1.165) is 19.5 Å². The largest absolute Gasteiger partial charge is 0.433 e. The highest BCUT2D eigenvalue weighted by Gasteiger charge is 2.40. The van der Waals surface area contributed by atoms with Crippen molar-refractivity contribution in [3.63, 3.8) is 0 Å². The van der Waals surface area contributed by atoms with Crippen molar-refractivity contribution in [1.29, 1.82) is 0 Å². The van der Waals surface area contributed by atoms with Gasteiger partial charge in [0.1, 0.15) is 12.4 Å². The fraction of sp³-hybridized carbons (Fsp3) is 0.737. The zero-order valence-corrected chi connectivity index (χ0v) is 17.2. The number of nitrogens with one attached hydrogen (secondary N) is 1. The molecule has 3 aliphatic rings. The van der Waals surface area contributed by atoms with Gasteiger partial charge >= 0.3 is 6.18 Å². The van der Waals surface area contributed by atoms with Crippen LogP contribution in [0.4, 0.5) is 24.9 Å². The smallest absolute Gasteiger partial charge is 0.365 e. The van der Waals surface area contributed by atoms with E-state index in [1.165, 1.54) is 6.92 Å². The second kappa shape index (κ2) is 8.18. The van der Waals surface area contributed by atoms with Crippen LogP contribution in [0, 0.1) is 6.92 Å². The lowest BCUT2D eigenvalue weighted by Gasteiger charge is -2.42. The first kappa shape index (κ1) is 21.1. The van der Waals surface area contributed by atoms with Crippen LogP contribution in [0.2, 0.25) is 0 Å². The molecule has 166 valence electrons. The summed E-state index contributed by atoms with van der Waals surface area (Å²) >= 11 is 0. The third-order valence-electron chi connectivity index (χ3n) is 6.01. The molecule has 1 atom stereocenters. The van der Waals surface area contributed by atoms with E-state index < -0.39 is 11.9 Å². The Morgan fingerprint density at radius 1 is 1.20 bits per heavy atom. The van der Waals surface area contributed by atoms with Crippen LogP contribution in [0.15, 0.2) is 0 Å². The van der Waals surface area contributed by atoms with Crippen LogP contribution in [0.3, 0.4) is 0 Å². The minimum absolute atomic E-state index is 0.00833. The lowest BCUT2D eigenvalue weighted by molar-refractivity contribution is -0.142. The third-order valence-corrected chi connectivity index (χ3v) is 6.01. The molecular weight excluding hydrogens is 401 g/mol. The number of amides is 1. The molecule has 1 aromatic rings. The summed E-state index contributed by atoms with van der Waals surface area (Å²) in [6.45, 7) is 7.68. The highest BCUT2D eigenvalue weighted by Crippen LogP contribution is 2.37. The summed E-state index contributed by atoms with van der Waals surface area (Å²) in [6.07, 6.45) is -3.83. The Balaban J connectivity index is 1.40. The van der Waals surface area contributed by atoms with Crippen LogP contribution in [-0.2, 0) is 15.7 Å². The first-order chi connectivity index (χ1) is 14.2. The minimum atomic E-state index is -4.54. The molecular formula is C19H27F3N6O2. The second-order valence-electron chi connectivity index (χ2n) is 8.12. The summed E-state index contributed by atoms with van der Waals surface area (Å²) in [5.41, 5.74) is -0.866. The van der Waals surface area contributed by atoms with Gasteiger partial charge in [-0.15, -0.1) is 0 Å². The molecule has 3 fully saturated rings.